The first-order chi connectivity index (χ1) is 9.29. The van der Waals surface area contributed by atoms with Crippen LogP contribution in [0.25, 0.3) is 0 Å². The highest BCUT2D eigenvalue weighted by atomic mass is 35.5. The van der Waals surface area contributed by atoms with Crippen LogP contribution in [-0.4, -0.2) is 29.5 Å². The molecule has 1 aliphatic rings. The van der Waals surface area contributed by atoms with E-state index in [0.717, 1.165) is 5.56 Å². The van der Waals surface area contributed by atoms with Crippen molar-refractivity contribution in [1.82, 2.24) is 10.2 Å². The van der Waals surface area contributed by atoms with Crippen LogP contribution in [0.1, 0.15) is 19.4 Å². The van der Waals surface area contributed by atoms with Crippen molar-refractivity contribution in [1.29, 1.82) is 0 Å². The van der Waals surface area contributed by atoms with Crippen LogP contribution in [0.3, 0.4) is 0 Å². The fraction of sp³-hybridized carbons (Fsp3) is 0.385. The first-order valence-electron chi connectivity index (χ1n) is 6.14. The Bertz CT molecular complexity index is 580. The summed E-state index contributed by atoms with van der Waals surface area (Å²) in [5.41, 5.74) is 6.32. The number of nitrogens with two attached hydrogens (primary N) is 1. The molecule has 1 aromatic rings. The lowest BCUT2D eigenvalue weighted by Crippen LogP contribution is -2.58. The maximum absolute atomic E-state index is 5.99. The van der Waals surface area contributed by atoms with E-state index in [0.29, 0.717) is 28.5 Å². The zero-order valence-corrected chi connectivity index (χ0v) is 13.1. The summed E-state index contributed by atoms with van der Waals surface area (Å²) in [5, 5.41) is 4.02. The van der Waals surface area contributed by atoms with E-state index in [-0.39, 0.29) is 0 Å². The van der Waals surface area contributed by atoms with Crippen molar-refractivity contribution in [3.8, 4) is 0 Å². The average molecular weight is 314 g/mol. The molecule has 1 heterocycles. The third-order valence-electron chi connectivity index (χ3n) is 3.17. The molecule has 1 aromatic carbocycles. The first-order valence-corrected chi connectivity index (χ1v) is 6.90. The molecular weight excluding hydrogens is 297 g/mol. The van der Waals surface area contributed by atoms with Gasteiger partial charge in [-0.25, -0.2) is 9.98 Å². The lowest BCUT2D eigenvalue weighted by Gasteiger charge is -2.38. The Hall–Kier alpha value is -1.46. The summed E-state index contributed by atoms with van der Waals surface area (Å²) in [6, 6.07) is 5.46. The monoisotopic (exact) mass is 313 g/mol. The Morgan fingerprint density at radius 2 is 2.05 bits per heavy atom. The van der Waals surface area contributed by atoms with Gasteiger partial charge in [-0.15, -0.1) is 0 Å². The zero-order chi connectivity index (χ0) is 14.9. The quantitative estimate of drug-likeness (QED) is 0.881. The molecule has 0 aromatic heterocycles. The number of hydrogen-bond donors (Lipinski definition) is 2. The van der Waals surface area contributed by atoms with Gasteiger partial charge in [0.05, 0.1) is 16.6 Å². The molecule has 3 N–H and O–H groups in total. The molecule has 0 bridgehead atoms. The van der Waals surface area contributed by atoms with Gasteiger partial charge in [0.15, 0.2) is 5.96 Å². The molecule has 1 aliphatic heterocycles. The highest BCUT2D eigenvalue weighted by molar-refractivity contribution is 6.42. The lowest BCUT2D eigenvalue weighted by atomic mass is 10.2. The minimum atomic E-state index is -0.425. The number of nitrogens with one attached hydrogen (secondary N) is 1. The van der Waals surface area contributed by atoms with Crippen LogP contribution >= 0.6 is 23.2 Å². The van der Waals surface area contributed by atoms with E-state index in [1.165, 1.54) is 0 Å². The zero-order valence-electron chi connectivity index (χ0n) is 11.6. The number of guanidine groups is 2. The summed E-state index contributed by atoms with van der Waals surface area (Å²) in [5.74, 6) is 1.04. The number of hydrogen-bond acceptors (Lipinski definition) is 3. The molecule has 0 amide bonds. The molecule has 0 atom stereocenters. The van der Waals surface area contributed by atoms with Crippen molar-refractivity contribution in [2.75, 3.05) is 7.05 Å². The molecule has 0 radical (unpaired) electrons. The average Bonchev–Trinajstić information content (AvgIpc) is 2.35. The summed E-state index contributed by atoms with van der Waals surface area (Å²) in [7, 11) is 1.91. The maximum Gasteiger partial charge on any atom is 0.202 e. The molecular formula is C13H17Cl2N5. The predicted molar refractivity (Wildman–Crippen MR) is 84.2 cm³/mol. The van der Waals surface area contributed by atoms with Gasteiger partial charge in [-0.1, -0.05) is 29.3 Å². The normalized spacial score (nSPS) is 19.8. The fourth-order valence-electron chi connectivity index (χ4n) is 1.81. The van der Waals surface area contributed by atoms with E-state index in [2.05, 4.69) is 15.3 Å². The predicted octanol–water partition coefficient (Wildman–Crippen LogP) is 2.44. The van der Waals surface area contributed by atoms with Gasteiger partial charge in [0.25, 0.3) is 0 Å². The number of halogens is 2. The number of aliphatic imine (C=N–C) groups is 2. The molecule has 0 aliphatic carbocycles. The van der Waals surface area contributed by atoms with Crippen LogP contribution in [-0.2, 0) is 6.54 Å². The molecule has 0 fully saturated rings. The molecule has 0 saturated carbocycles. The Balaban J connectivity index is 2.19. The Morgan fingerprint density at radius 3 is 2.70 bits per heavy atom. The van der Waals surface area contributed by atoms with Crippen molar-refractivity contribution in [3.05, 3.63) is 33.8 Å². The molecule has 7 heteroatoms. The second kappa shape index (κ2) is 5.50. The Labute approximate surface area is 128 Å². The van der Waals surface area contributed by atoms with Crippen molar-refractivity contribution >= 4 is 35.1 Å². The van der Waals surface area contributed by atoms with Crippen LogP contribution in [0.2, 0.25) is 10.0 Å². The summed E-state index contributed by atoms with van der Waals surface area (Å²) in [4.78, 5) is 10.8. The van der Waals surface area contributed by atoms with Gasteiger partial charge >= 0.3 is 0 Å². The Kier molecular flexibility index (Phi) is 4.11. The van der Waals surface area contributed by atoms with Gasteiger partial charge in [-0.2, -0.15) is 0 Å². The summed E-state index contributed by atoms with van der Waals surface area (Å²) >= 11 is 11.9. The van der Waals surface area contributed by atoms with Gasteiger partial charge in [0.1, 0.15) is 5.66 Å². The number of rotatable bonds is 2. The highest BCUT2D eigenvalue weighted by Crippen LogP contribution is 2.23. The van der Waals surface area contributed by atoms with Crippen molar-refractivity contribution < 1.29 is 0 Å². The lowest BCUT2D eigenvalue weighted by molar-refractivity contribution is 0.252. The van der Waals surface area contributed by atoms with Crippen LogP contribution < -0.4 is 11.1 Å². The van der Waals surface area contributed by atoms with Gasteiger partial charge in [-0.3, -0.25) is 5.32 Å². The van der Waals surface area contributed by atoms with Crippen LogP contribution in [0.4, 0.5) is 0 Å². The topological polar surface area (TPSA) is 66.0 Å². The minimum absolute atomic E-state index is 0.362. The SMILES string of the molecule is CN1C(=NCc2ccc(Cl)c(Cl)c2)NC(N)=NC1(C)C. The number of nitrogens with zero attached hydrogens (tertiary/aromatic N) is 3. The highest BCUT2D eigenvalue weighted by Gasteiger charge is 2.30. The first kappa shape index (κ1) is 14.9. The number of benzene rings is 1. The second-order valence-electron chi connectivity index (χ2n) is 5.06. The fourth-order valence-corrected chi connectivity index (χ4v) is 2.13. The van der Waals surface area contributed by atoms with Crippen LogP contribution in [0.5, 0.6) is 0 Å². The van der Waals surface area contributed by atoms with Crippen LogP contribution in [0.15, 0.2) is 28.2 Å². The van der Waals surface area contributed by atoms with Crippen LogP contribution in [0, 0.1) is 0 Å². The summed E-state index contributed by atoms with van der Waals surface area (Å²) in [6.45, 7) is 4.41. The van der Waals surface area contributed by atoms with E-state index in [1.54, 1.807) is 12.1 Å². The third kappa shape index (κ3) is 3.16. The smallest absolute Gasteiger partial charge is 0.202 e. The van der Waals surface area contributed by atoms with Crippen molar-refractivity contribution in [2.24, 2.45) is 15.7 Å². The summed E-state index contributed by atoms with van der Waals surface area (Å²) < 4.78 is 0. The van der Waals surface area contributed by atoms with E-state index < -0.39 is 5.66 Å². The molecule has 5 nitrogen and oxygen atoms in total. The standard InChI is InChI=1S/C13H17Cl2N5/c1-13(2)19-11(16)18-12(20(13)3)17-7-8-4-5-9(14)10(15)6-8/h4-6H,7H2,1-3H3,(H3,16,17,18,19). The second-order valence-corrected chi connectivity index (χ2v) is 5.88. The molecule has 0 spiro atoms. The van der Waals surface area contributed by atoms with E-state index in [9.17, 15) is 0 Å². The Morgan fingerprint density at radius 1 is 1.35 bits per heavy atom. The van der Waals surface area contributed by atoms with E-state index >= 15 is 0 Å². The van der Waals surface area contributed by atoms with E-state index in [4.69, 9.17) is 28.9 Å². The van der Waals surface area contributed by atoms with Gasteiger partial charge < -0.3 is 10.6 Å². The largest absolute Gasteiger partial charge is 0.370 e. The molecule has 0 saturated heterocycles. The summed E-state index contributed by atoms with van der Waals surface area (Å²) in [6.07, 6.45) is 0. The van der Waals surface area contributed by atoms with Gasteiger partial charge in [-0.05, 0) is 31.5 Å². The molecule has 0 unspecified atom stereocenters. The molecule has 20 heavy (non-hydrogen) atoms. The maximum atomic E-state index is 5.99. The minimum Gasteiger partial charge on any atom is -0.370 e. The third-order valence-corrected chi connectivity index (χ3v) is 3.91. The van der Waals surface area contributed by atoms with Crippen molar-refractivity contribution in [2.45, 2.75) is 26.1 Å². The van der Waals surface area contributed by atoms with E-state index in [1.807, 2.05) is 31.9 Å². The molecule has 2 rings (SSSR count). The molecule has 108 valence electrons. The van der Waals surface area contributed by atoms with Gasteiger partial charge in [0.2, 0.25) is 5.96 Å². The van der Waals surface area contributed by atoms with Gasteiger partial charge in [0, 0.05) is 7.05 Å². The van der Waals surface area contributed by atoms with Crippen molar-refractivity contribution in [3.63, 3.8) is 0 Å².